The molecule has 88 valence electrons. The summed E-state index contributed by atoms with van der Waals surface area (Å²) in [5, 5.41) is 0. The van der Waals surface area contributed by atoms with Crippen molar-refractivity contribution in [3.63, 3.8) is 0 Å². The van der Waals surface area contributed by atoms with Gasteiger partial charge in [-0.1, -0.05) is 19.1 Å². The first-order valence-electron chi connectivity index (χ1n) is 5.44. The minimum atomic E-state index is -0.327. The maximum Gasteiger partial charge on any atom is 0.161 e. The van der Waals surface area contributed by atoms with E-state index in [0.717, 1.165) is 11.3 Å². The van der Waals surface area contributed by atoms with Crippen molar-refractivity contribution in [1.29, 1.82) is 0 Å². The van der Waals surface area contributed by atoms with Crippen LogP contribution in [0, 0.1) is 0 Å². The molecule has 1 atom stereocenters. The monoisotopic (exact) mass is 222 g/mol. The smallest absolute Gasteiger partial charge is 0.161 e. The van der Waals surface area contributed by atoms with Crippen LogP contribution in [0.1, 0.15) is 25.8 Å². The van der Waals surface area contributed by atoms with Crippen LogP contribution in [0.3, 0.4) is 0 Å². The molecule has 0 aromatic heterocycles. The zero-order chi connectivity index (χ0) is 12.0. The summed E-state index contributed by atoms with van der Waals surface area (Å²) in [5.41, 5.74) is 1.04. The number of ketones is 1. The lowest BCUT2D eigenvalue weighted by molar-refractivity contribution is -0.129. The van der Waals surface area contributed by atoms with Crippen molar-refractivity contribution >= 4 is 5.78 Å². The van der Waals surface area contributed by atoms with E-state index in [2.05, 4.69) is 0 Å². The third-order valence-electron chi connectivity index (χ3n) is 2.46. The lowest BCUT2D eigenvalue weighted by Crippen LogP contribution is -2.19. The summed E-state index contributed by atoms with van der Waals surface area (Å²) < 4.78 is 10.5. The standard InChI is InChI=1S/C13H18O3/c1-4-13(14)10(2)16-9-11-5-7-12(15-3)8-6-11/h5-8,10H,4,9H2,1-3H3/t10-/m0/s1. The highest BCUT2D eigenvalue weighted by Crippen LogP contribution is 2.12. The molecule has 3 heteroatoms. The molecule has 0 saturated carbocycles. The van der Waals surface area contributed by atoms with E-state index in [1.807, 2.05) is 31.2 Å². The average molecular weight is 222 g/mol. The van der Waals surface area contributed by atoms with Gasteiger partial charge >= 0.3 is 0 Å². The largest absolute Gasteiger partial charge is 0.497 e. The van der Waals surface area contributed by atoms with E-state index < -0.39 is 0 Å². The lowest BCUT2D eigenvalue weighted by atomic mass is 10.2. The van der Waals surface area contributed by atoms with E-state index in [4.69, 9.17) is 9.47 Å². The first-order chi connectivity index (χ1) is 7.67. The number of hydrogen-bond donors (Lipinski definition) is 0. The second-order valence-electron chi connectivity index (χ2n) is 3.62. The molecule has 0 fully saturated rings. The van der Waals surface area contributed by atoms with Crippen LogP contribution in [0.25, 0.3) is 0 Å². The highest BCUT2D eigenvalue weighted by atomic mass is 16.5. The molecule has 0 saturated heterocycles. The molecule has 0 aliphatic rings. The first-order valence-corrected chi connectivity index (χ1v) is 5.44. The molecule has 0 amide bonds. The van der Waals surface area contributed by atoms with E-state index >= 15 is 0 Å². The summed E-state index contributed by atoms with van der Waals surface area (Å²) in [5.74, 6) is 0.954. The molecule has 0 spiro atoms. The Hall–Kier alpha value is -1.35. The Morgan fingerprint density at radius 1 is 1.31 bits per heavy atom. The summed E-state index contributed by atoms with van der Waals surface area (Å²) in [6, 6.07) is 7.62. The van der Waals surface area contributed by atoms with Crippen molar-refractivity contribution < 1.29 is 14.3 Å². The van der Waals surface area contributed by atoms with Gasteiger partial charge in [0.25, 0.3) is 0 Å². The number of carbonyl (C=O) groups excluding carboxylic acids is 1. The molecule has 0 aliphatic carbocycles. The van der Waals surface area contributed by atoms with Crippen LogP contribution < -0.4 is 4.74 Å². The van der Waals surface area contributed by atoms with Crippen LogP contribution in [0.4, 0.5) is 0 Å². The molecule has 0 unspecified atom stereocenters. The fraction of sp³-hybridized carbons (Fsp3) is 0.462. The van der Waals surface area contributed by atoms with Gasteiger partial charge in [-0.05, 0) is 24.6 Å². The van der Waals surface area contributed by atoms with Crippen molar-refractivity contribution in [3.8, 4) is 5.75 Å². The van der Waals surface area contributed by atoms with Gasteiger partial charge in [0, 0.05) is 6.42 Å². The normalized spacial score (nSPS) is 12.2. The van der Waals surface area contributed by atoms with Gasteiger partial charge in [-0.15, -0.1) is 0 Å². The van der Waals surface area contributed by atoms with Crippen LogP contribution in [0.2, 0.25) is 0 Å². The van der Waals surface area contributed by atoms with Crippen LogP contribution >= 0.6 is 0 Å². The Labute approximate surface area is 96.4 Å². The van der Waals surface area contributed by atoms with E-state index in [9.17, 15) is 4.79 Å². The number of hydrogen-bond acceptors (Lipinski definition) is 3. The molecule has 0 aliphatic heterocycles. The molecule has 3 nitrogen and oxygen atoms in total. The van der Waals surface area contributed by atoms with E-state index in [-0.39, 0.29) is 11.9 Å². The summed E-state index contributed by atoms with van der Waals surface area (Å²) in [6.07, 6.45) is 0.191. The van der Waals surface area contributed by atoms with Crippen molar-refractivity contribution in [3.05, 3.63) is 29.8 Å². The maximum absolute atomic E-state index is 11.3. The summed E-state index contributed by atoms with van der Waals surface area (Å²) in [4.78, 5) is 11.3. The van der Waals surface area contributed by atoms with Crippen LogP contribution in [0.5, 0.6) is 5.75 Å². The molecule has 0 N–H and O–H groups in total. The zero-order valence-corrected chi connectivity index (χ0v) is 10.0. The topological polar surface area (TPSA) is 35.5 Å². The predicted molar refractivity (Wildman–Crippen MR) is 62.5 cm³/mol. The third kappa shape index (κ3) is 3.66. The number of rotatable bonds is 6. The molecule has 1 aromatic rings. The van der Waals surface area contributed by atoms with Gasteiger partial charge in [-0.25, -0.2) is 0 Å². The van der Waals surface area contributed by atoms with Crippen molar-refractivity contribution in [1.82, 2.24) is 0 Å². The summed E-state index contributed by atoms with van der Waals surface area (Å²) in [7, 11) is 1.63. The fourth-order valence-electron chi connectivity index (χ4n) is 1.32. The molecule has 0 heterocycles. The van der Waals surface area contributed by atoms with E-state index in [1.165, 1.54) is 0 Å². The van der Waals surface area contributed by atoms with Gasteiger partial charge < -0.3 is 9.47 Å². The van der Waals surface area contributed by atoms with Crippen molar-refractivity contribution in [2.24, 2.45) is 0 Å². The average Bonchev–Trinajstić information content (AvgIpc) is 2.35. The summed E-state index contributed by atoms with van der Waals surface area (Å²) in [6.45, 7) is 4.09. The van der Waals surface area contributed by atoms with Gasteiger partial charge in [-0.2, -0.15) is 0 Å². The first kappa shape index (κ1) is 12.7. The van der Waals surface area contributed by atoms with Crippen LogP contribution in [-0.2, 0) is 16.1 Å². The predicted octanol–water partition coefficient (Wildman–Crippen LogP) is 2.58. The van der Waals surface area contributed by atoms with E-state index in [1.54, 1.807) is 14.0 Å². The van der Waals surface area contributed by atoms with Gasteiger partial charge in [0.15, 0.2) is 5.78 Å². The van der Waals surface area contributed by atoms with Gasteiger partial charge in [0.05, 0.1) is 13.7 Å². The number of benzene rings is 1. The highest BCUT2D eigenvalue weighted by Gasteiger charge is 2.10. The Balaban J connectivity index is 2.45. The quantitative estimate of drug-likeness (QED) is 0.742. The second kappa shape index (κ2) is 6.28. The van der Waals surface area contributed by atoms with Crippen LogP contribution in [-0.4, -0.2) is 19.0 Å². The Morgan fingerprint density at radius 2 is 1.94 bits per heavy atom. The number of Topliss-reactive ketones (excluding diaryl/α,β-unsaturated/α-hetero) is 1. The maximum atomic E-state index is 11.3. The van der Waals surface area contributed by atoms with E-state index in [0.29, 0.717) is 13.0 Å². The minimum absolute atomic E-state index is 0.133. The zero-order valence-electron chi connectivity index (χ0n) is 10.0. The Bertz CT molecular complexity index is 330. The molecule has 0 radical (unpaired) electrons. The fourth-order valence-corrected chi connectivity index (χ4v) is 1.32. The SMILES string of the molecule is CCC(=O)[C@H](C)OCc1ccc(OC)cc1. The Kier molecular flexibility index (Phi) is 4.99. The summed E-state index contributed by atoms with van der Waals surface area (Å²) >= 11 is 0. The molecular formula is C13H18O3. The Morgan fingerprint density at radius 3 is 2.44 bits per heavy atom. The van der Waals surface area contributed by atoms with Crippen LogP contribution in [0.15, 0.2) is 24.3 Å². The second-order valence-corrected chi connectivity index (χ2v) is 3.62. The van der Waals surface area contributed by atoms with Crippen molar-refractivity contribution in [2.75, 3.05) is 7.11 Å². The minimum Gasteiger partial charge on any atom is -0.497 e. The molecule has 16 heavy (non-hydrogen) atoms. The van der Waals surface area contributed by atoms with Crippen molar-refractivity contribution in [2.45, 2.75) is 33.0 Å². The third-order valence-corrected chi connectivity index (χ3v) is 2.46. The van der Waals surface area contributed by atoms with Gasteiger partial charge in [0.1, 0.15) is 11.9 Å². The molecular weight excluding hydrogens is 204 g/mol. The highest BCUT2D eigenvalue weighted by molar-refractivity contribution is 5.82. The molecule has 0 bridgehead atoms. The van der Waals surface area contributed by atoms with Gasteiger partial charge in [-0.3, -0.25) is 4.79 Å². The number of methoxy groups -OCH3 is 1. The lowest BCUT2D eigenvalue weighted by Gasteiger charge is -2.11. The molecule has 1 aromatic carbocycles. The number of ether oxygens (including phenoxy) is 2. The molecule has 1 rings (SSSR count). The van der Waals surface area contributed by atoms with Gasteiger partial charge in [0.2, 0.25) is 0 Å². The number of carbonyl (C=O) groups is 1.